The van der Waals surface area contributed by atoms with Gasteiger partial charge in [-0.1, -0.05) is 0 Å². The number of nitrogens with one attached hydrogen (secondary N) is 1. The Balaban J connectivity index is 1.70. The normalized spacial score (nSPS) is 33.9. The SMILES string of the molecule is CC1CN(C(=O)[C@H]2NCCO[C@@H]2C)CC(c2ccsc2)O1. The van der Waals surface area contributed by atoms with Crippen molar-refractivity contribution in [2.75, 3.05) is 26.2 Å². The number of nitrogens with zero attached hydrogens (tertiary/aromatic N) is 1. The first-order valence-corrected chi connectivity index (χ1v) is 8.40. The summed E-state index contributed by atoms with van der Waals surface area (Å²) in [5.41, 5.74) is 1.16. The average Bonchev–Trinajstić information content (AvgIpc) is 3.01. The monoisotopic (exact) mass is 310 g/mol. The maximum atomic E-state index is 12.8. The van der Waals surface area contributed by atoms with Crippen molar-refractivity contribution in [1.82, 2.24) is 10.2 Å². The van der Waals surface area contributed by atoms with Crippen molar-refractivity contribution in [3.8, 4) is 0 Å². The zero-order valence-electron chi connectivity index (χ0n) is 12.5. The van der Waals surface area contributed by atoms with Gasteiger partial charge in [0.15, 0.2) is 0 Å². The van der Waals surface area contributed by atoms with E-state index in [9.17, 15) is 4.79 Å². The Kier molecular flexibility index (Phi) is 4.59. The van der Waals surface area contributed by atoms with E-state index in [0.717, 1.165) is 12.1 Å². The lowest BCUT2D eigenvalue weighted by atomic mass is 10.1. The van der Waals surface area contributed by atoms with E-state index < -0.39 is 0 Å². The molecule has 0 saturated carbocycles. The zero-order chi connectivity index (χ0) is 14.8. The van der Waals surface area contributed by atoms with E-state index in [1.807, 2.05) is 24.1 Å². The molecule has 2 fully saturated rings. The van der Waals surface area contributed by atoms with Crippen molar-refractivity contribution < 1.29 is 14.3 Å². The van der Waals surface area contributed by atoms with Crippen molar-refractivity contribution >= 4 is 17.2 Å². The largest absolute Gasteiger partial charge is 0.375 e. The Labute approximate surface area is 129 Å². The van der Waals surface area contributed by atoms with Gasteiger partial charge in [-0.3, -0.25) is 4.79 Å². The van der Waals surface area contributed by atoms with E-state index in [2.05, 4.69) is 16.8 Å². The van der Waals surface area contributed by atoms with Crippen LogP contribution in [0.15, 0.2) is 16.8 Å². The van der Waals surface area contributed by atoms with Crippen LogP contribution in [0, 0.1) is 0 Å². The fourth-order valence-electron chi connectivity index (χ4n) is 2.98. The molecule has 2 aliphatic rings. The molecule has 21 heavy (non-hydrogen) atoms. The van der Waals surface area contributed by atoms with Gasteiger partial charge in [0.2, 0.25) is 5.91 Å². The van der Waals surface area contributed by atoms with Crippen molar-refractivity contribution in [3.63, 3.8) is 0 Å². The van der Waals surface area contributed by atoms with Crippen molar-refractivity contribution in [2.45, 2.75) is 38.2 Å². The first-order valence-electron chi connectivity index (χ1n) is 7.46. The maximum absolute atomic E-state index is 12.8. The van der Waals surface area contributed by atoms with E-state index in [1.165, 1.54) is 0 Å². The smallest absolute Gasteiger partial charge is 0.242 e. The number of hydrogen-bond acceptors (Lipinski definition) is 5. The van der Waals surface area contributed by atoms with Crippen LogP contribution < -0.4 is 5.32 Å². The molecule has 1 N–H and O–H groups in total. The van der Waals surface area contributed by atoms with Gasteiger partial charge in [-0.05, 0) is 36.2 Å². The summed E-state index contributed by atoms with van der Waals surface area (Å²) in [6, 6.07) is 1.83. The van der Waals surface area contributed by atoms with Crippen molar-refractivity contribution in [3.05, 3.63) is 22.4 Å². The van der Waals surface area contributed by atoms with Gasteiger partial charge in [0.05, 0.1) is 25.4 Å². The summed E-state index contributed by atoms with van der Waals surface area (Å²) in [5, 5.41) is 7.41. The fraction of sp³-hybridized carbons (Fsp3) is 0.667. The molecule has 5 nitrogen and oxygen atoms in total. The molecule has 1 aromatic rings. The molecular weight excluding hydrogens is 288 g/mol. The van der Waals surface area contributed by atoms with Crippen molar-refractivity contribution in [2.24, 2.45) is 0 Å². The highest BCUT2D eigenvalue weighted by molar-refractivity contribution is 7.07. The number of carbonyl (C=O) groups is 1. The Morgan fingerprint density at radius 1 is 1.43 bits per heavy atom. The lowest BCUT2D eigenvalue weighted by Gasteiger charge is -2.40. The van der Waals surface area contributed by atoms with Crippen LogP contribution in [0.2, 0.25) is 0 Å². The van der Waals surface area contributed by atoms with Gasteiger partial charge < -0.3 is 19.7 Å². The third kappa shape index (κ3) is 3.29. The van der Waals surface area contributed by atoms with Gasteiger partial charge >= 0.3 is 0 Å². The highest BCUT2D eigenvalue weighted by Gasteiger charge is 2.36. The second kappa shape index (κ2) is 6.44. The second-order valence-electron chi connectivity index (χ2n) is 5.74. The summed E-state index contributed by atoms with van der Waals surface area (Å²) in [6.07, 6.45) is -0.0554. The summed E-state index contributed by atoms with van der Waals surface area (Å²) in [7, 11) is 0. The topological polar surface area (TPSA) is 50.8 Å². The summed E-state index contributed by atoms with van der Waals surface area (Å²) in [5.74, 6) is 0.123. The molecule has 0 aliphatic carbocycles. The second-order valence-corrected chi connectivity index (χ2v) is 6.52. The van der Waals surface area contributed by atoms with Gasteiger partial charge in [-0.15, -0.1) is 0 Å². The number of ether oxygens (including phenoxy) is 2. The lowest BCUT2D eigenvalue weighted by molar-refractivity contribution is -0.152. The Morgan fingerprint density at radius 2 is 2.29 bits per heavy atom. The number of carbonyl (C=O) groups excluding carboxylic acids is 1. The van der Waals surface area contributed by atoms with Gasteiger partial charge in [0.1, 0.15) is 12.1 Å². The highest BCUT2D eigenvalue weighted by atomic mass is 32.1. The summed E-state index contributed by atoms with van der Waals surface area (Å²) >= 11 is 1.66. The molecule has 2 unspecified atom stereocenters. The predicted octanol–water partition coefficient (Wildman–Crippen LogP) is 1.41. The number of amides is 1. The quantitative estimate of drug-likeness (QED) is 0.897. The number of rotatable bonds is 2. The number of hydrogen-bond donors (Lipinski definition) is 1. The molecule has 3 heterocycles. The minimum atomic E-state index is -0.243. The molecule has 4 atom stereocenters. The number of morpholine rings is 2. The van der Waals surface area contributed by atoms with Crippen LogP contribution in [0.1, 0.15) is 25.5 Å². The zero-order valence-corrected chi connectivity index (χ0v) is 13.3. The predicted molar refractivity (Wildman–Crippen MR) is 81.4 cm³/mol. The third-order valence-corrected chi connectivity index (χ3v) is 4.77. The molecule has 0 bridgehead atoms. The molecule has 1 aromatic heterocycles. The average molecular weight is 310 g/mol. The van der Waals surface area contributed by atoms with E-state index in [1.54, 1.807) is 11.3 Å². The van der Waals surface area contributed by atoms with Crippen LogP contribution >= 0.6 is 11.3 Å². The molecule has 116 valence electrons. The molecule has 0 spiro atoms. The van der Waals surface area contributed by atoms with Gasteiger partial charge in [-0.25, -0.2) is 0 Å². The van der Waals surface area contributed by atoms with Gasteiger partial charge in [-0.2, -0.15) is 11.3 Å². The summed E-state index contributed by atoms with van der Waals surface area (Å²) in [4.78, 5) is 14.7. The van der Waals surface area contributed by atoms with Crippen LogP contribution in [0.5, 0.6) is 0 Å². The summed E-state index contributed by atoms with van der Waals surface area (Å²) < 4.78 is 11.6. The van der Waals surface area contributed by atoms with Gasteiger partial charge in [0, 0.05) is 13.1 Å². The number of thiophene rings is 1. The first-order chi connectivity index (χ1) is 10.1. The third-order valence-electron chi connectivity index (χ3n) is 4.07. The van der Waals surface area contributed by atoms with Crippen LogP contribution in [-0.4, -0.2) is 55.3 Å². The Hall–Kier alpha value is -0.950. The standard InChI is InChI=1S/C15H22N2O3S/c1-10-7-17(8-13(20-10)12-3-6-21-9-12)15(18)14-11(2)19-5-4-16-14/h3,6,9-11,13-14,16H,4-5,7-8H2,1-2H3/t10?,11-,13?,14+/m1/s1. The van der Waals surface area contributed by atoms with E-state index in [4.69, 9.17) is 9.47 Å². The van der Waals surface area contributed by atoms with Crippen LogP contribution in [0.25, 0.3) is 0 Å². The maximum Gasteiger partial charge on any atom is 0.242 e. The molecule has 3 rings (SSSR count). The van der Waals surface area contributed by atoms with Crippen LogP contribution in [0.4, 0.5) is 0 Å². The highest BCUT2D eigenvalue weighted by Crippen LogP contribution is 2.27. The van der Waals surface area contributed by atoms with E-state index in [-0.39, 0.29) is 30.3 Å². The Morgan fingerprint density at radius 3 is 3.00 bits per heavy atom. The minimum Gasteiger partial charge on any atom is -0.375 e. The minimum absolute atomic E-state index is 0.0243. The van der Waals surface area contributed by atoms with Crippen LogP contribution in [-0.2, 0) is 14.3 Å². The summed E-state index contributed by atoms with van der Waals surface area (Å²) in [6.45, 7) is 6.63. The lowest BCUT2D eigenvalue weighted by Crippen LogP contribution is -2.59. The van der Waals surface area contributed by atoms with E-state index >= 15 is 0 Å². The Bertz CT molecular complexity index is 479. The molecule has 0 aromatic carbocycles. The van der Waals surface area contributed by atoms with Crippen LogP contribution in [0.3, 0.4) is 0 Å². The van der Waals surface area contributed by atoms with E-state index in [0.29, 0.717) is 19.7 Å². The fourth-order valence-corrected chi connectivity index (χ4v) is 3.68. The molecule has 0 radical (unpaired) electrons. The molecule has 1 amide bonds. The molecular formula is C15H22N2O3S. The molecule has 2 saturated heterocycles. The van der Waals surface area contributed by atoms with Gasteiger partial charge in [0.25, 0.3) is 0 Å². The van der Waals surface area contributed by atoms with Crippen molar-refractivity contribution in [1.29, 1.82) is 0 Å². The first kappa shape index (κ1) is 15.0. The molecule has 2 aliphatic heterocycles. The molecule has 6 heteroatoms.